The van der Waals surface area contributed by atoms with E-state index in [1.165, 1.54) is 0 Å². The van der Waals surface area contributed by atoms with Crippen molar-refractivity contribution >= 4 is 17.4 Å². The predicted octanol–water partition coefficient (Wildman–Crippen LogP) is 2.44. The lowest BCUT2D eigenvalue weighted by Gasteiger charge is -2.48. The van der Waals surface area contributed by atoms with E-state index >= 15 is 0 Å². The smallest absolute Gasteiger partial charge is 0.317 e. The number of amides is 2. The summed E-state index contributed by atoms with van der Waals surface area (Å²) >= 11 is 1.64. The summed E-state index contributed by atoms with van der Waals surface area (Å²) in [5.74, 6) is 0. The molecule has 2 N–H and O–H groups in total. The first-order chi connectivity index (χ1) is 8.82. The zero-order valence-electron chi connectivity index (χ0n) is 11.8. The number of hydrogen-bond donors (Lipinski definition) is 2. The minimum Gasteiger partial charge on any atom is -0.389 e. The zero-order chi connectivity index (χ0) is 14.1. The number of rotatable bonds is 2. The van der Waals surface area contributed by atoms with E-state index in [1.807, 2.05) is 38.3 Å². The maximum Gasteiger partial charge on any atom is 0.317 e. The number of thiophene rings is 1. The number of carbonyl (C=O) groups is 1. The molecule has 0 aromatic carbocycles. The van der Waals surface area contributed by atoms with Crippen LogP contribution in [-0.4, -0.2) is 34.7 Å². The molecule has 0 radical (unpaired) electrons. The molecule has 0 aliphatic carbocycles. The Morgan fingerprint density at radius 1 is 1.53 bits per heavy atom. The van der Waals surface area contributed by atoms with Gasteiger partial charge < -0.3 is 15.3 Å². The van der Waals surface area contributed by atoms with Gasteiger partial charge >= 0.3 is 6.03 Å². The second-order valence-corrected chi connectivity index (χ2v) is 7.10. The van der Waals surface area contributed by atoms with Gasteiger partial charge in [0.25, 0.3) is 0 Å². The summed E-state index contributed by atoms with van der Waals surface area (Å²) in [6.07, 6.45) is 0.617. The van der Waals surface area contributed by atoms with Crippen LogP contribution in [0, 0.1) is 5.41 Å². The van der Waals surface area contributed by atoms with Crippen molar-refractivity contribution in [3.8, 4) is 0 Å². The maximum absolute atomic E-state index is 12.1. The van der Waals surface area contributed by atoms with Crippen molar-refractivity contribution in [2.45, 2.75) is 39.3 Å². The molecule has 0 unspecified atom stereocenters. The Labute approximate surface area is 118 Å². The van der Waals surface area contributed by atoms with Crippen LogP contribution in [0.5, 0.6) is 0 Å². The summed E-state index contributed by atoms with van der Waals surface area (Å²) in [4.78, 5) is 15.1. The van der Waals surface area contributed by atoms with Gasteiger partial charge in [-0.2, -0.15) is 0 Å². The lowest BCUT2D eigenvalue weighted by Crippen LogP contribution is -2.58. The molecule has 1 aromatic heterocycles. The van der Waals surface area contributed by atoms with Crippen LogP contribution in [0.4, 0.5) is 4.79 Å². The molecule has 1 fully saturated rings. The monoisotopic (exact) mass is 282 g/mol. The lowest BCUT2D eigenvalue weighted by atomic mass is 9.71. The highest BCUT2D eigenvalue weighted by Crippen LogP contribution is 2.38. The van der Waals surface area contributed by atoms with Gasteiger partial charge in [-0.15, -0.1) is 11.3 Å². The first-order valence-corrected chi connectivity index (χ1v) is 7.47. The van der Waals surface area contributed by atoms with E-state index in [1.54, 1.807) is 16.2 Å². The van der Waals surface area contributed by atoms with Crippen molar-refractivity contribution in [3.63, 3.8) is 0 Å². The molecule has 1 aliphatic rings. The van der Waals surface area contributed by atoms with Crippen LogP contribution < -0.4 is 5.32 Å². The fourth-order valence-corrected chi connectivity index (χ4v) is 2.92. The zero-order valence-corrected chi connectivity index (χ0v) is 12.6. The van der Waals surface area contributed by atoms with Gasteiger partial charge in [-0.1, -0.05) is 19.9 Å². The molecule has 0 bridgehead atoms. The van der Waals surface area contributed by atoms with Crippen molar-refractivity contribution in [2.24, 2.45) is 5.41 Å². The Balaban J connectivity index is 1.90. The third kappa shape index (κ3) is 3.09. The van der Waals surface area contributed by atoms with Crippen molar-refractivity contribution in [3.05, 3.63) is 22.4 Å². The molecular formula is C14H22N2O2S. The predicted molar refractivity (Wildman–Crippen MR) is 77.1 cm³/mol. The molecule has 1 saturated heterocycles. The lowest BCUT2D eigenvalue weighted by molar-refractivity contribution is -0.0954. The molecule has 1 aliphatic heterocycles. The molecule has 4 nitrogen and oxygen atoms in total. The van der Waals surface area contributed by atoms with E-state index in [4.69, 9.17) is 0 Å². The van der Waals surface area contributed by atoms with Crippen LogP contribution in [0.2, 0.25) is 0 Å². The number of urea groups is 1. The highest BCUT2D eigenvalue weighted by Gasteiger charge is 2.45. The number of hydrogen-bond acceptors (Lipinski definition) is 3. The number of piperidine rings is 1. The normalized spacial score (nSPS) is 26.2. The van der Waals surface area contributed by atoms with Gasteiger partial charge in [0.15, 0.2) is 0 Å². The van der Waals surface area contributed by atoms with Gasteiger partial charge in [0.2, 0.25) is 0 Å². The van der Waals surface area contributed by atoms with Crippen LogP contribution >= 0.6 is 11.3 Å². The molecule has 2 amide bonds. The molecule has 5 heteroatoms. The minimum atomic E-state index is -0.711. The van der Waals surface area contributed by atoms with E-state index < -0.39 is 5.60 Å². The molecule has 19 heavy (non-hydrogen) atoms. The third-order valence-corrected chi connectivity index (χ3v) is 5.07. The fraction of sp³-hybridized carbons (Fsp3) is 0.643. The average Bonchev–Trinajstić information content (AvgIpc) is 2.82. The first-order valence-electron chi connectivity index (χ1n) is 6.59. The van der Waals surface area contributed by atoms with Crippen molar-refractivity contribution < 1.29 is 9.90 Å². The molecule has 1 aromatic rings. The topological polar surface area (TPSA) is 52.6 Å². The van der Waals surface area contributed by atoms with E-state index in [0.717, 1.165) is 4.88 Å². The Hall–Kier alpha value is -1.07. The molecule has 1 atom stereocenters. The van der Waals surface area contributed by atoms with Crippen LogP contribution in [0.1, 0.15) is 32.1 Å². The SMILES string of the molecule is CC1(C)CN(C(=O)NCc2cccs2)CC[C@@]1(C)O. The van der Waals surface area contributed by atoms with Gasteiger partial charge in [-0.05, 0) is 24.8 Å². The van der Waals surface area contributed by atoms with Gasteiger partial charge in [0, 0.05) is 23.4 Å². The number of likely N-dealkylation sites (tertiary alicyclic amines) is 1. The van der Waals surface area contributed by atoms with Gasteiger partial charge in [0.05, 0.1) is 12.1 Å². The van der Waals surface area contributed by atoms with Gasteiger partial charge in [0.1, 0.15) is 0 Å². The molecule has 2 rings (SSSR count). The maximum atomic E-state index is 12.1. The summed E-state index contributed by atoms with van der Waals surface area (Å²) in [7, 11) is 0. The summed E-state index contributed by atoms with van der Waals surface area (Å²) in [6, 6.07) is 3.94. The fourth-order valence-electron chi connectivity index (χ4n) is 2.28. The minimum absolute atomic E-state index is 0.0445. The Kier molecular flexibility index (Phi) is 3.87. The third-order valence-electron chi connectivity index (χ3n) is 4.19. The molecule has 0 saturated carbocycles. The van der Waals surface area contributed by atoms with Crippen LogP contribution in [-0.2, 0) is 6.54 Å². The van der Waals surface area contributed by atoms with Crippen molar-refractivity contribution in [2.75, 3.05) is 13.1 Å². The van der Waals surface area contributed by atoms with E-state index in [2.05, 4.69) is 5.32 Å². The highest BCUT2D eigenvalue weighted by molar-refractivity contribution is 7.09. The first kappa shape index (κ1) is 14.3. The van der Waals surface area contributed by atoms with E-state index in [-0.39, 0.29) is 11.4 Å². The Bertz CT molecular complexity index is 440. The van der Waals surface area contributed by atoms with Crippen LogP contribution in [0.3, 0.4) is 0 Å². The standard InChI is InChI=1S/C14H22N2O2S/c1-13(2)10-16(7-6-14(13,3)18)12(17)15-9-11-5-4-8-19-11/h4-5,8,18H,6-7,9-10H2,1-3H3,(H,15,17)/t14-/m1/s1. The van der Waals surface area contributed by atoms with Crippen LogP contribution in [0.25, 0.3) is 0 Å². The molecule has 106 valence electrons. The van der Waals surface area contributed by atoms with Gasteiger partial charge in [-0.25, -0.2) is 4.79 Å². The Morgan fingerprint density at radius 3 is 2.84 bits per heavy atom. The second-order valence-electron chi connectivity index (χ2n) is 6.07. The number of nitrogens with one attached hydrogen (secondary N) is 1. The Morgan fingerprint density at radius 2 is 2.26 bits per heavy atom. The summed E-state index contributed by atoms with van der Waals surface area (Å²) in [5.41, 5.74) is -0.997. The molecule has 0 spiro atoms. The number of aliphatic hydroxyl groups is 1. The molecular weight excluding hydrogens is 260 g/mol. The summed E-state index contributed by atoms with van der Waals surface area (Å²) in [6.45, 7) is 7.62. The number of carbonyl (C=O) groups excluding carboxylic acids is 1. The molecule has 2 heterocycles. The number of nitrogens with zero attached hydrogens (tertiary/aromatic N) is 1. The highest BCUT2D eigenvalue weighted by atomic mass is 32.1. The van der Waals surface area contributed by atoms with E-state index in [0.29, 0.717) is 26.1 Å². The van der Waals surface area contributed by atoms with Crippen molar-refractivity contribution in [1.29, 1.82) is 0 Å². The summed E-state index contributed by atoms with van der Waals surface area (Å²) < 4.78 is 0. The van der Waals surface area contributed by atoms with Crippen LogP contribution in [0.15, 0.2) is 17.5 Å². The van der Waals surface area contributed by atoms with Crippen molar-refractivity contribution in [1.82, 2.24) is 10.2 Å². The van der Waals surface area contributed by atoms with E-state index in [9.17, 15) is 9.90 Å². The largest absolute Gasteiger partial charge is 0.389 e. The summed E-state index contributed by atoms with van der Waals surface area (Å²) in [5, 5.41) is 15.3. The second kappa shape index (κ2) is 5.13. The average molecular weight is 282 g/mol. The van der Waals surface area contributed by atoms with Gasteiger partial charge in [-0.3, -0.25) is 0 Å². The quantitative estimate of drug-likeness (QED) is 0.875.